The van der Waals surface area contributed by atoms with E-state index in [0.717, 1.165) is 6.42 Å². The molecule has 2 aliphatic heterocycles. The van der Waals surface area contributed by atoms with E-state index in [-0.39, 0.29) is 5.91 Å². The predicted molar refractivity (Wildman–Crippen MR) is 36.9 cm³/mol. The average Bonchev–Trinajstić information content (AvgIpc) is 2.79. The highest BCUT2D eigenvalue weighted by Gasteiger charge is 2.77. The van der Waals surface area contributed by atoms with E-state index in [2.05, 4.69) is 12.1 Å². The molecule has 0 N–H and O–H groups in total. The Bertz CT molecular complexity index is 279. The summed E-state index contributed by atoms with van der Waals surface area (Å²) in [6.07, 6.45) is 0.827. The van der Waals surface area contributed by atoms with Crippen molar-refractivity contribution in [1.82, 2.24) is 5.23 Å². The number of hydrogen-bond donors (Lipinski definition) is 0. The molecule has 3 heteroatoms. The summed E-state index contributed by atoms with van der Waals surface area (Å²) in [7, 11) is 0. The van der Waals surface area contributed by atoms with Gasteiger partial charge in [0.05, 0.1) is 0 Å². The number of fused-ring (bicyclic) bond motifs is 1. The SMILES string of the molecule is c1ccc(CC23ON2O3)cc1. The van der Waals surface area contributed by atoms with Crippen LogP contribution < -0.4 is 0 Å². The van der Waals surface area contributed by atoms with E-state index in [1.165, 1.54) is 10.8 Å². The Morgan fingerprint density at radius 3 is 2.36 bits per heavy atom. The van der Waals surface area contributed by atoms with Crippen molar-refractivity contribution < 1.29 is 9.68 Å². The van der Waals surface area contributed by atoms with Crippen LogP contribution in [0.4, 0.5) is 0 Å². The van der Waals surface area contributed by atoms with Gasteiger partial charge in [-0.25, -0.2) is 9.68 Å². The Morgan fingerprint density at radius 2 is 1.82 bits per heavy atom. The normalized spacial score (nSPS) is 38.0. The minimum atomic E-state index is -0.346. The zero-order valence-electron chi connectivity index (χ0n) is 5.86. The largest absolute Gasteiger partial charge is 0.319 e. The molecule has 3 nitrogen and oxygen atoms in total. The Balaban J connectivity index is 1.80. The molecule has 0 radical (unpaired) electrons. The maximum absolute atomic E-state index is 5.01. The van der Waals surface area contributed by atoms with Gasteiger partial charge in [-0.3, -0.25) is 0 Å². The fraction of sp³-hybridized carbons (Fsp3) is 0.250. The van der Waals surface area contributed by atoms with Gasteiger partial charge in [-0.05, 0) is 5.56 Å². The van der Waals surface area contributed by atoms with E-state index in [0.29, 0.717) is 0 Å². The van der Waals surface area contributed by atoms with Gasteiger partial charge in [-0.15, -0.1) is 0 Å². The number of nitrogens with zero attached hydrogens (tertiary/aromatic N) is 1. The summed E-state index contributed by atoms with van der Waals surface area (Å²) in [6, 6.07) is 10.2. The first kappa shape index (κ1) is 5.71. The number of hydrogen-bond acceptors (Lipinski definition) is 3. The lowest BCUT2D eigenvalue weighted by molar-refractivity contribution is -0.166. The zero-order chi connectivity index (χ0) is 7.31. The van der Waals surface area contributed by atoms with Crippen LogP contribution >= 0.6 is 0 Å². The molecule has 2 fully saturated rings. The first-order valence-electron chi connectivity index (χ1n) is 3.61. The molecule has 0 unspecified atom stereocenters. The molecule has 0 bridgehead atoms. The van der Waals surface area contributed by atoms with Gasteiger partial charge in [-0.2, -0.15) is 0 Å². The van der Waals surface area contributed by atoms with E-state index in [9.17, 15) is 0 Å². The van der Waals surface area contributed by atoms with Crippen LogP contribution in [0.3, 0.4) is 0 Å². The molecule has 11 heavy (non-hydrogen) atoms. The highest BCUT2D eigenvalue weighted by molar-refractivity contribution is 5.17. The minimum absolute atomic E-state index is 0.346. The molecule has 0 aromatic heterocycles. The molecule has 0 saturated carbocycles. The van der Waals surface area contributed by atoms with Gasteiger partial charge in [-0.1, -0.05) is 30.3 Å². The summed E-state index contributed by atoms with van der Waals surface area (Å²) in [4.78, 5) is 10.0. The van der Waals surface area contributed by atoms with Crippen LogP contribution in [0.1, 0.15) is 5.56 Å². The summed E-state index contributed by atoms with van der Waals surface area (Å²) in [5.41, 5.74) is 1.24. The van der Waals surface area contributed by atoms with Gasteiger partial charge in [0.15, 0.2) is 0 Å². The molecule has 0 spiro atoms. The quantitative estimate of drug-likeness (QED) is 0.589. The van der Waals surface area contributed by atoms with Gasteiger partial charge >= 0.3 is 5.91 Å². The molecular formula is C8H7NO2. The van der Waals surface area contributed by atoms with Gasteiger partial charge in [0.25, 0.3) is 0 Å². The van der Waals surface area contributed by atoms with Crippen LogP contribution in [0.25, 0.3) is 0 Å². The Hall–Kier alpha value is -0.900. The molecule has 2 saturated heterocycles. The third kappa shape index (κ3) is 0.790. The summed E-state index contributed by atoms with van der Waals surface area (Å²) < 4.78 is 0. The summed E-state index contributed by atoms with van der Waals surface area (Å²) >= 11 is 0. The summed E-state index contributed by atoms with van der Waals surface area (Å²) in [5, 5.41) is 1.51. The van der Waals surface area contributed by atoms with E-state index >= 15 is 0 Å². The molecular weight excluding hydrogens is 142 g/mol. The first-order valence-corrected chi connectivity index (χ1v) is 3.61. The third-order valence-corrected chi connectivity index (χ3v) is 1.93. The Labute approximate surface area is 64.0 Å². The smallest absolute Gasteiger partial charge is 0.211 e. The molecule has 2 aliphatic rings. The average molecular weight is 149 g/mol. The van der Waals surface area contributed by atoms with Crippen molar-refractivity contribution >= 4 is 0 Å². The van der Waals surface area contributed by atoms with Crippen LogP contribution in [0.15, 0.2) is 30.3 Å². The van der Waals surface area contributed by atoms with Crippen LogP contribution in [0.5, 0.6) is 0 Å². The molecule has 3 rings (SSSR count). The number of benzene rings is 1. The van der Waals surface area contributed by atoms with E-state index in [1.807, 2.05) is 18.2 Å². The molecule has 0 amide bonds. The maximum Gasteiger partial charge on any atom is 0.319 e. The van der Waals surface area contributed by atoms with Crippen molar-refractivity contribution in [3.8, 4) is 0 Å². The van der Waals surface area contributed by atoms with Crippen molar-refractivity contribution in [2.75, 3.05) is 0 Å². The van der Waals surface area contributed by atoms with Crippen molar-refractivity contribution in [3.05, 3.63) is 35.9 Å². The van der Waals surface area contributed by atoms with E-state index in [1.54, 1.807) is 0 Å². The lowest BCUT2D eigenvalue weighted by atomic mass is 10.1. The second kappa shape index (κ2) is 1.64. The summed E-state index contributed by atoms with van der Waals surface area (Å²) in [5.74, 6) is -0.346. The van der Waals surface area contributed by atoms with E-state index in [4.69, 9.17) is 9.68 Å². The van der Waals surface area contributed by atoms with Crippen LogP contribution in [-0.2, 0) is 16.1 Å². The van der Waals surface area contributed by atoms with Crippen LogP contribution in [0, 0.1) is 0 Å². The fourth-order valence-corrected chi connectivity index (χ4v) is 1.21. The second-order valence-electron chi connectivity index (χ2n) is 2.81. The van der Waals surface area contributed by atoms with E-state index < -0.39 is 0 Å². The minimum Gasteiger partial charge on any atom is -0.211 e. The Morgan fingerprint density at radius 1 is 1.18 bits per heavy atom. The molecule has 2 heterocycles. The molecule has 1 aromatic rings. The van der Waals surface area contributed by atoms with Gasteiger partial charge in [0, 0.05) is 11.6 Å². The second-order valence-corrected chi connectivity index (χ2v) is 2.81. The molecule has 0 aliphatic carbocycles. The number of hydroxylamine groups is 2. The van der Waals surface area contributed by atoms with Crippen molar-refractivity contribution in [3.63, 3.8) is 0 Å². The summed E-state index contributed by atoms with van der Waals surface area (Å²) in [6.45, 7) is 0. The molecule has 56 valence electrons. The topological polar surface area (TPSA) is 28.1 Å². The predicted octanol–water partition coefficient (Wildman–Crippen LogP) is 1.08. The lowest BCUT2D eigenvalue weighted by Gasteiger charge is -1.95. The third-order valence-electron chi connectivity index (χ3n) is 1.93. The highest BCUT2D eigenvalue weighted by Crippen LogP contribution is 2.55. The van der Waals surface area contributed by atoms with Gasteiger partial charge < -0.3 is 0 Å². The van der Waals surface area contributed by atoms with Crippen LogP contribution in [-0.4, -0.2) is 11.1 Å². The Kier molecular flexibility index (Phi) is 0.850. The van der Waals surface area contributed by atoms with Gasteiger partial charge in [0.2, 0.25) is 0 Å². The fourth-order valence-electron chi connectivity index (χ4n) is 1.21. The molecule has 0 atom stereocenters. The maximum atomic E-state index is 5.01. The van der Waals surface area contributed by atoms with Gasteiger partial charge in [0.1, 0.15) is 0 Å². The van der Waals surface area contributed by atoms with Crippen molar-refractivity contribution in [1.29, 1.82) is 0 Å². The number of rotatable bonds is 2. The van der Waals surface area contributed by atoms with Crippen molar-refractivity contribution in [2.45, 2.75) is 12.3 Å². The lowest BCUT2D eigenvalue weighted by Crippen LogP contribution is -2.02. The zero-order valence-corrected chi connectivity index (χ0v) is 5.86. The molecule has 1 aromatic carbocycles. The van der Waals surface area contributed by atoms with Crippen LogP contribution in [0.2, 0.25) is 0 Å². The first-order chi connectivity index (χ1) is 5.39. The van der Waals surface area contributed by atoms with Crippen molar-refractivity contribution in [2.24, 2.45) is 0 Å². The highest BCUT2D eigenvalue weighted by atomic mass is 17.3. The monoisotopic (exact) mass is 149 g/mol. The standard InChI is InChI=1S/C8H7NO2/c1-2-4-7(5-3-1)6-8-9(10-8)11-8/h1-5H,6H2.